The minimum Gasteiger partial charge on any atom is -0.327 e. The summed E-state index contributed by atoms with van der Waals surface area (Å²) in [6.45, 7) is 4.34. The number of aryl methyl sites for hydroxylation is 1. The van der Waals surface area contributed by atoms with Gasteiger partial charge in [0.1, 0.15) is 6.29 Å². The number of allylic oxidation sites excluding steroid dienone is 3. The number of hydrogen-bond donors (Lipinski definition) is 2. The van der Waals surface area contributed by atoms with Crippen molar-refractivity contribution in [3.8, 4) is 0 Å². The third kappa shape index (κ3) is 6.26. The summed E-state index contributed by atoms with van der Waals surface area (Å²) in [5.41, 5.74) is 9.85. The second-order valence-electron chi connectivity index (χ2n) is 6.39. The van der Waals surface area contributed by atoms with Gasteiger partial charge in [0.2, 0.25) is 0 Å². The lowest BCUT2D eigenvalue weighted by atomic mass is 10.1. The maximum Gasteiger partial charge on any atom is 0.255 e. The fraction of sp³-hybridized carbons (Fsp3) is 0.174. The Kier molecular flexibility index (Phi) is 8.06. The average molecular weight is 390 g/mol. The second kappa shape index (κ2) is 10.7. The highest BCUT2D eigenvalue weighted by Crippen LogP contribution is 2.21. The summed E-state index contributed by atoms with van der Waals surface area (Å²) in [5.74, 6) is -0.239. The zero-order valence-corrected chi connectivity index (χ0v) is 16.9. The molecule has 0 aliphatic rings. The smallest absolute Gasteiger partial charge is 0.255 e. The molecule has 3 N–H and O–H groups in total. The topological polar surface area (TPSA) is 87.8 Å². The minimum atomic E-state index is -0.239. The molecule has 0 bridgehead atoms. The molecular weight excluding hydrogens is 364 g/mol. The molecule has 0 aliphatic heterocycles. The van der Waals surface area contributed by atoms with Gasteiger partial charge in [-0.15, -0.1) is 0 Å². The number of nitrogens with zero attached hydrogens (tertiary/aromatic N) is 2. The van der Waals surface area contributed by atoms with Gasteiger partial charge in [-0.25, -0.2) is 0 Å². The zero-order chi connectivity index (χ0) is 21.2. The molecule has 2 rings (SSSR count). The standard InChI is InChI=1S/C23H26N4O2/c1-4-18(8-6-12-24)15-25-27(3)22-11-10-20(13-17(22)2)23(29)26-21-9-5-7-19(14-21)16-28/h4-11,13-16H,12,24H2,1-3H3,(H,26,29)/b8-6-,18-4+,25-15+. The number of anilines is 2. The summed E-state index contributed by atoms with van der Waals surface area (Å²) >= 11 is 0. The Morgan fingerprint density at radius 2 is 2.03 bits per heavy atom. The lowest BCUT2D eigenvalue weighted by Gasteiger charge is -2.16. The molecular formula is C23H26N4O2. The van der Waals surface area contributed by atoms with E-state index >= 15 is 0 Å². The Labute approximate surface area is 171 Å². The number of amides is 1. The van der Waals surface area contributed by atoms with Crippen LogP contribution in [0.3, 0.4) is 0 Å². The van der Waals surface area contributed by atoms with Crippen LogP contribution in [0.15, 0.2) is 71.4 Å². The quantitative estimate of drug-likeness (QED) is 0.309. The van der Waals surface area contributed by atoms with E-state index in [0.29, 0.717) is 23.4 Å². The predicted molar refractivity (Wildman–Crippen MR) is 120 cm³/mol. The molecule has 0 radical (unpaired) electrons. The number of hydrazone groups is 1. The van der Waals surface area contributed by atoms with Crippen molar-refractivity contribution >= 4 is 29.8 Å². The first kappa shape index (κ1) is 21.8. The molecule has 2 aromatic carbocycles. The van der Waals surface area contributed by atoms with E-state index < -0.39 is 0 Å². The van der Waals surface area contributed by atoms with Gasteiger partial charge in [-0.05, 0) is 55.3 Å². The molecule has 0 aromatic heterocycles. The van der Waals surface area contributed by atoms with Gasteiger partial charge < -0.3 is 11.1 Å². The lowest BCUT2D eigenvalue weighted by Crippen LogP contribution is -2.14. The molecule has 6 nitrogen and oxygen atoms in total. The number of carbonyl (C=O) groups is 2. The fourth-order valence-corrected chi connectivity index (χ4v) is 2.69. The number of aldehydes is 1. The number of hydrogen-bond acceptors (Lipinski definition) is 5. The van der Waals surface area contributed by atoms with E-state index in [0.717, 1.165) is 23.1 Å². The monoisotopic (exact) mass is 390 g/mol. The van der Waals surface area contributed by atoms with Crippen molar-refractivity contribution in [1.29, 1.82) is 0 Å². The maximum absolute atomic E-state index is 12.5. The van der Waals surface area contributed by atoms with Crippen LogP contribution < -0.4 is 16.1 Å². The van der Waals surface area contributed by atoms with Crippen LogP contribution in [0, 0.1) is 6.92 Å². The Morgan fingerprint density at radius 1 is 1.24 bits per heavy atom. The summed E-state index contributed by atoms with van der Waals surface area (Å²) in [7, 11) is 1.85. The van der Waals surface area contributed by atoms with E-state index in [-0.39, 0.29) is 5.91 Å². The first-order valence-electron chi connectivity index (χ1n) is 9.26. The number of benzene rings is 2. The van der Waals surface area contributed by atoms with Crippen LogP contribution in [-0.4, -0.2) is 32.0 Å². The van der Waals surface area contributed by atoms with Crippen molar-refractivity contribution in [3.63, 3.8) is 0 Å². The number of carbonyl (C=O) groups excluding carboxylic acids is 2. The van der Waals surface area contributed by atoms with Crippen LogP contribution in [0.2, 0.25) is 0 Å². The van der Waals surface area contributed by atoms with Gasteiger partial charge in [-0.2, -0.15) is 5.10 Å². The lowest BCUT2D eigenvalue weighted by molar-refractivity contribution is 0.102. The highest BCUT2D eigenvalue weighted by Gasteiger charge is 2.10. The fourth-order valence-electron chi connectivity index (χ4n) is 2.69. The first-order chi connectivity index (χ1) is 14.0. The van der Waals surface area contributed by atoms with Gasteiger partial charge in [0, 0.05) is 30.4 Å². The molecule has 0 heterocycles. The molecule has 6 heteroatoms. The van der Waals surface area contributed by atoms with Gasteiger partial charge in [0.15, 0.2) is 0 Å². The third-order valence-electron chi connectivity index (χ3n) is 4.25. The highest BCUT2D eigenvalue weighted by molar-refractivity contribution is 6.05. The van der Waals surface area contributed by atoms with Crippen molar-refractivity contribution in [3.05, 3.63) is 83.0 Å². The van der Waals surface area contributed by atoms with Crippen LogP contribution >= 0.6 is 0 Å². The highest BCUT2D eigenvalue weighted by atomic mass is 16.1. The van der Waals surface area contributed by atoms with Gasteiger partial charge in [-0.3, -0.25) is 14.6 Å². The SMILES string of the molecule is C/C=C(\C=C/CN)/C=N/N(C)c1ccc(C(=O)Nc2cccc(C=O)c2)cc1C. The number of rotatable bonds is 8. The Morgan fingerprint density at radius 3 is 2.69 bits per heavy atom. The molecule has 0 saturated heterocycles. The van der Waals surface area contributed by atoms with Crippen LogP contribution in [0.1, 0.15) is 33.2 Å². The molecule has 0 atom stereocenters. The van der Waals surface area contributed by atoms with E-state index in [9.17, 15) is 9.59 Å². The maximum atomic E-state index is 12.5. The first-order valence-corrected chi connectivity index (χ1v) is 9.26. The molecule has 0 aliphatic carbocycles. The predicted octanol–water partition coefficient (Wildman–Crippen LogP) is 3.94. The Hall–Kier alpha value is -3.51. The molecule has 1 amide bonds. The van der Waals surface area contributed by atoms with Crippen LogP contribution in [0.25, 0.3) is 0 Å². The molecule has 29 heavy (non-hydrogen) atoms. The molecule has 0 fully saturated rings. The van der Waals surface area contributed by atoms with E-state index in [2.05, 4.69) is 10.4 Å². The van der Waals surface area contributed by atoms with E-state index in [1.165, 1.54) is 0 Å². The van der Waals surface area contributed by atoms with Crippen LogP contribution in [0.4, 0.5) is 11.4 Å². The van der Waals surface area contributed by atoms with Gasteiger partial charge in [-0.1, -0.05) is 30.4 Å². The zero-order valence-electron chi connectivity index (χ0n) is 16.9. The van der Waals surface area contributed by atoms with Crippen molar-refractivity contribution in [2.24, 2.45) is 10.8 Å². The second-order valence-corrected chi connectivity index (χ2v) is 6.39. The summed E-state index contributed by atoms with van der Waals surface area (Å²) in [6, 6.07) is 12.2. The van der Waals surface area contributed by atoms with Crippen molar-refractivity contribution in [2.45, 2.75) is 13.8 Å². The van der Waals surface area contributed by atoms with Crippen LogP contribution in [-0.2, 0) is 0 Å². The van der Waals surface area contributed by atoms with Crippen LogP contribution in [0.5, 0.6) is 0 Å². The summed E-state index contributed by atoms with van der Waals surface area (Å²) < 4.78 is 0. The summed E-state index contributed by atoms with van der Waals surface area (Å²) in [5, 5.41) is 9.02. The summed E-state index contributed by atoms with van der Waals surface area (Å²) in [4.78, 5) is 23.4. The van der Waals surface area contributed by atoms with Crippen molar-refractivity contribution < 1.29 is 9.59 Å². The third-order valence-corrected chi connectivity index (χ3v) is 4.25. The average Bonchev–Trinajstić information content (AvgIpc) is 2.73. The minimum absolute atomic E-state index is 0.239. The van der Waals surface area contributed by atoms with Gasteiger partial charge in [0.25, 0.3) is 5.91 Å². The summed E-state index contributed by atoms with van der Waals surface area (Å²) in [6.07, 6.45) is 8.23. The number of nitrogens with one attached hydrogen (secondary N) is 1. The largest absolute Gasteiger partial charge is 0.327 e. The Balaban J connectivity index is 2.13. The Bertz CT molecular complexity index is 961. The van der Waals surface area contributed by atoms with E-state index in [1.807, 2.05) is 51.3 Å². The van der Waals surface area contributed by atoms with E-state index in [1.54, 1.807) is 41.6 Å². The molecule has 2 aromatic rings. The van der Waals surface area contributed by atoms with Gasteiger partial charge in [0.05, 0.1) is 11.9 Å². The molecule has 0 unspecified atom stereocenters. The van der Waals surface area contributed by atoms with Crippen molar-refractivity contribution in [1.82, 2.24) is 0 Å². The molecule has 0 saturated carbocycles. The number of nitrogens with two attached hydrogens (primary N) is 1. The molecule has 150 valence electrons. The normalized spacial score (nSPS) is 11.8. The van der Waals surface area contributed by atoms with E-state index in [4.69, 9.17) is 5.73 Å². The van der Waals surface area contributed by atoms with Gasteiger partial charge >= 0.3 is 0 Å². The molecule has 0 spiro atoms. The van der Waals surface area contributed by atoms with Crippen molar-refractivity contribution in [2.75, 3.05) is 23.9 Å².